The van der Waals surface area contributed by atoms with Gasteiger partial charge >= 0.3 is 0 Å². The predicted molar refractivity (Wildman–Crippen MR) is 68.4 cm³/mol. The maximum absolute atomic E-state index is 12.0. The van der Waals surface area contributed by atoms with Crippen molar-refractivity contribution in [1.29, 1.82) is 0 Å². The molecule has 4 nitrogen and oxygen atoms in total. The Bertz CT molecular complexity index is 427. The molecule has 0 bridgehead atoms. The average molecular weight is 281 g/mol. The lowest BCUT2D eigenvalue weighted by atomic mass is 10.4. The number of rotatable bonds is 6. The molecule has 0 atom stereocenters. The van der Waals surface area contributed by atoms with E-state index >= 15 is 0 Å². The van der Waals surface area contributed by atoms with Crippen LogP contribution in [0.4, 0.5) is 0 Å². The van der Waals surface area contributed by atoms with Crippen LogP contribution in [-0.4, -0.2) is 43.4 Å². The molecule has 0 saturated carbocycles. The second-order valence-electron chi connectivity index (χ2n) is 3.25. The van der Waals surface area contributed by atoms with Gasteiger partial charge in [-0.2, -0.15) is 16.1 Å². The predicted octanol–water partition coefficient (Wildman–Crippen LogP) is 1.22. The van der Waals surface area contributed by atoms with E-state index < -0.39 is 10.0 Å². The first-order chi connectivity index (χ1) is 7.52. The molecule has 1 heterocycles. The van der Waals surface area contributed by atoms with Crippen molar-refractivity contribution < 1.29 is 13.5 Å². The number of thioether (sulfide) groups is 1. The van der Waals surface area contributed by atoms with Crippen LogP contribution in [0.1, 0.15) is 5.56 Å². The first-order valence-electron chi connectivity index (χ1n) is 4.66. The van der Waals surface area contributed by atoms with Crippen LogP contribution in [0.3, 0.4) is 0 Å². The topological polar surface area (TPSA) is 57.6 Å². The van der Waals surface area contributed by atoms with Gasteiger partial charge in [-0.15, -0.1) is 11.3 Å². The minimum Gasteiger partial charge on any atom is -0.392 e. The van der Waals surface area contributed by atoms with Crippen molar-refractivity contribution >= 4 is 33.1 Å². The first-order valence-corrected chi connectivity index (χ1v) is 8.37. The molecule has 1 aromatic heterocycles. The standard InChI is InChI=1S/C9H15NO3S3/c1-10(3-4-14-2)16(12,13)9-5-8(6-11)7-15-9/h5,7,11H,3-4,6H2,1-2H3. The van der Waals surface area contributed by atoms with Crippen LogP contribution in [0.15, 0.2) is 15.7 Å². The van der Waals surface area contributed by atoms with Crippen molar-refractivity contribution in [3.63, 3.8) is 0 Å². The van der Waals surface area contributed by atoms with E-state index in [1.54, 1.807) is 24.2 Å². The lowest BCUT2D eigenvalue weighted by molar-refractivity contribution is 0.282. The molecule has 1 aromatic rings. The van der Waals surface area contributed by atoms with Gasteiger partial charge in [0.2, 0.25) is 0 Å². The summed E-state index contributed by atoms with van der Waals surface area (Å²) in [5.41, 5.74) is 0.641. The SMILES string of the molecule is CSCCN(C)S(=O)(=O)c1cc(CO)cs1. The zero-order valence-corrected chi connectivity index (χ0v) is 11.7. The van der Waals surface area contributed by atoms with E-state index in [4.69, 9.17) is 5.11 Å². The van der Waals surface area contributed by atoms with Crippen molar-refractivity contribution in [2.75, 3.05) is 25.6 Å². The molecule has 0 aromatic carbocycles. The Morgan fingerprint density at radius 2 is 2.25 bits per heavy atom. The van der Waals surface area contributed by atoms with Crippen LogP contribution in [0.25, 0.3) is 0 Å². The van der Waals surface area contributed by atoms with Crippen LogP contribution >= 0.6 is 23.1 Å². The van der Waals surface area contributed by atoms with Gasteiger partial charge in [0, 0.05) is 19.3 Å². The van der Waals surface area contributed by atoms with Gasteiger partial charge in [0.05, 0.1) is 6.61 Å². The summed E-state index contributed by atoms with van der Waals surface area (Å²) in [6, 6.07) is 1.52. The molecule has 0 spiro atoms. The van der Waals surface area contributed by atoms with Crippen molar-refractivity contribution in [3.05, 3.63) is 17.0 Å². The molecule has 0 aliphatic heterocycles. The molecule has 1 rings (SSSR count). The maximum Gasteiger partial charge on any atom is 0.252 e. The van der Waals surface area contributed by atoms with E-state index in [2.05, 4.69) is 0 Å². The number of hydrogen-bond acceptors (Lipinski definition) is 5. The Kier molecular flexibility index (Phi) is 5.26. The molecular formula is C9H15NO3S3. The maximum atomic E-state index is 12.0. The highest BCUT2D eigenvalue weighted by Gasteiger charge is 2.22. The number of aliphatic hydroxyl groups is 1. The quantitative estimate of drug-likeness (QED) is 0.852. The highest BCUT2D eigenvalue weighted by molar-refractivity contribution is 7.98. The molecule has 0 aliphatic carbocycles. The lowest BCUT2D eigenvalue weighted by Gasteiger charge is -2.14. The van der Waals surface area contributed by atoms with Gasteiger partial charge in [-0.25, -0.2) is 8.42 Å². The summed E-state index contributed by atoms with van der Waals surface area (Å²) in [6.45, 7) is 0.371. The lowest BCUT2D eigenvalue weighted by Crippen LogP contribution is -2.28. The Labute approximate surface area is 104 Å². The fourth-order valence-corrected chi connectivity index (χ4v) is 4.22. The van der Waals surface area contributed by atoms with Crippen LogP contribution in [0.2, 0.25) is 0 Å². The average Bonchev–Trinajstić information content (AvgIpc) is 2.74. The van der Waals surface area contributed by atoms with Gasteiger partial charge in [0.1, 0.15) is 4.21 Å². The fourth-order valence-electron chi connectivity index (χ4n) is 1.06. The highest BCUT2D eigenvalue weighted by Crippen LogP contribution is 2.23. The Hall–Kier alpha value is -0.0800. The van der Waals surface area contributed by atoms with Crippen LogP contribution in [0.5, 0.6) is 0 Å². The van der Waals surface area contributed by atoms with Crippen LogP contribution in [0, 0.1) is 0 Å². The van der Waals surface area contributed by atoms with Gasteiger partial charge in [0.15, 0.2) is 0 Å². The zero-order valence-electron chi connectivity index (χ0n) is 9.21. The van der Waals surface area contributed by atoms with Gasteiger partial charge in [0.25, 0.3) is 10.0 Å². The molecular weight excluding hydrogens is 266 g/mol. The Balaban J connectivity index is 2.84. The minimum atomic E-state index is -3.37. The molecule has 0 fully saturated rings. The zero-order chi connectivity index (χ0) is 12.2. The minimum absolute atomic E-state index is 0.124. The third kappa shape index (κ3) is 3.21. The van der Waals surface area contributed by atoms with Gasteiger partial charge in [-0.3, -0.25) is 0 Å². The molecule has 0 amide bonds. The Morgan fingerprint density at radius 1 is 1.56 bits per heavy atom. The smallest absolute Gasteiger partial charge is 0.252 e. The van der Waals surface area contributed by atoms with Crippen molar-refractivity contribution in [2.45, 2.75) is 10.8 Å². The van der Waals surface area contributed by atoms with E-state index in [0.717, 1.165) is 17.1 Å². The summed E-state index contributed by atoms with van der Waals surface area (Å²) < 4.78 is 25.7. The molecule has 1 N–H and O–H groups in total. The monoisotopic (exact) mass is 281 g/mol. The molecule has 0 aliphatic rings. The molecule has 92 valence electrons. The van der Waals surface area contributed by atoms with Crippen molar-refractivity contribution in [1.82, 2.24) is 4.31 Å². The summed E-state index contributed by atoms with van der Waals surface area (Å²) in [4.78, 5) is 0. The molecule has 0 saturated heterocycles. The van der Waals surface area contributed by atoms with Crippen LogP contribution < -0.4 is 0 Å². The van der Waals surface area contributed by atoms with E-state index in [-0.39, 0.29) is 6.61 Å². The number of aliphatic hydroxyl groups excluding tert-OH is 1. The third-order valence-corrected chi connectivity index (χ3v) is 6.00. The summed E-state index contributed by atoms with van der Waals surface area (Å²) >= 11 is 2.75. The van der Waals surface area contributed by atoms with Crippen molar-refractivity contribution in [3.8, 4) is 0 Å². The van der Waals surface area contributed by atoms with Crippen molar-refractivity contribution in [2.24, 2.45) is 0 Å². The van der Waals surface area contributed by atoms with E-state index in [0.29, 0.717) is 16.3 Å². The third-order valence-electron chi connectivity index (χ3n) is 2.09. The fraction of sp³-hybridized carbons (Fsp3) is 0.556. The Morgan fingerprint density at radius 3 is 2.75 bits per heavy atom. The summed E-state index contributed by atoms with van der Waals surface area (Å²) in [5, 5.41) is 10.6. The number of sulfonamides is 1. The second-order valence-corrected chi connectivity index (χ2v) is 7.42. The van der Waals surface area contributed by atoms with E-state index in [9.17, 15) is 8.42 Å². The number of nitrogens with zero attached hydrogens (tertiary/aromatic N) is 1. The molecule has 16 heavy (non-hydrogen) atoms. The number of hydrogen-bond donors (Lipinski definition) is 1. The first kappa shape index (κ1) is 14.0. The molecule has 0 radical (unpaired) electrons. The molecule has 0 unspecified atom stereocenters. The summed E-state index contributed by atoms with van der Waals surface area (Å²) in [6.07, 6.45) is 1.94. The van der Waals surface area contributed by atoms with Gasteiger partial charge in [-0.05, 0) is 23.3 Å². The van der Waals surface area contributed by atoms with Crippen LogP contribution in [-0.2, 0) is 16.6 Å². The van der Waals surface area contributed by atoms with E-state index in [1.807, 2.05) is 6.26 Å². The summed E-state index contributed by atoms with van der Waals surface area (Å²) in [7, 11) is -1.80. The number of thiophene rings is 1. The van der Waals surface area contributed by atoms with Gasteiger partial charge in [-0.1, -0.05) is 0 Å². The molecule has 7 heteroatoms. The second kappa shape index (κ2) is 6.02. The normalized spacial score (nSPS) is 12.2. The van der Waals surface area contributed by atoms with Gasteiger partial charge < -0.3 is 5.11 Å². The largest absolute Gasteiger partial charge is 0.392 e. The van der Waals surface area contributed by atoms with E-state index in [1.165, 1.54) is 10.4 Å². The highest BCUT2D eigenvalue weighted by atomic mass is 32.2. The summed E-state index contributed by atoms with van der Waals surface area (Å²) in [5.74, 6) is 0.772.